The topological polar surface area (TPSA) is 62.7 Å². The highest BCUT2D eigenvalue weighted by Crippen LogP contribution is 2.28. The zero-order chi connectivity index (χ0) is 14.1. The maximum absolute atomic E-state index is 12.7. The molecule has 1 atom stereocenters. The molecule has 1 aromatic rings. The van der Waals surface area contributed by atoms with Gasteiger partial charge in [-0.2, -0.15) is 0 Å². The Balaban J connectivity index is 1.95. The van der Waals surface area contributed by atoms with Crippen LogP contribution in [0, 0.1) is 0 Å². The molecular weight excluding hydrogens is 256 g/mol. The smallest absolute Gasteiger partial charge is 0.260 e. The van der Waals surface area contributed by atoms with Gasteiger partial charge < -0.3 is 14.7 Å². The number of carbonyl (C=O) groups is 1. The van der Waals surface area contributed by atoms with Gasteiger partial charge in [0.1, 0.15) is 5.56 Å². The van der Waals surface area contributed by atoms with Crippen LogP contribution in [-0.4, -0.2) is 47.2 Å². The molecule has 0 saturated heterocycles. The first-order valence-electron chi connectivity index (χ1n) is 6.90. The summed E-state index contributed by atoms with van der Waals surface area (Å²) >= 11 is 0. The number of rotatable bonds is 3. The molecule has 2 aliphatic rings. The van der Waals surface area contributed by atoms with Crippen LogP contribution in [0.4, 0.5) is 0 Å². The summed E-state index contributed by atoms with van der Waals surface area (Å²) in [5, 5.41) is 9.32. The largest absolute Gasteiger partial charge is 0.480 e. The van der Waals surface area contributed by atoms with Crippen LogP contribution in [0.5, 0.6) is 5.88 Å². The molecule has 2 heterocycles. The van der Waals surface area contributed by atoms with Gasteiger partial charge in [-0.1, -0.05) is 12.2 Å². The molecule has 1 aromatic heterocycles. The monoisotopic (exact) mass is 274 g/mol. The third kappa shape index (κ3) is 2.08. The Morgan fingerprint density at radius 3 is 3.15 bits per heavy atom. The molecule has 0 bridgehead atoms. The summed E-state index contributed by atoms with van der Waals surface area (Å²) in [4.78, 5) is 18.8. The number of ether oxygens (including phenoxy) is 1. The number of pyridine rings is 1. The lowest BCUT2D eigenvalue weighted by atomic mass is 10.1. The molecule has 1 aliphatic carbocycles. The van der Waals surface area contributed by atoms with Crippen molar-refractivity contribution in [3.05, 3.63) is 35.0 Å². The van der Waals surface area contributed by atoms with Crippen molar-refractivity contribution in [2.75, 3.05) is 20.3 Å². The lowest BCUT2D eigenvalue weighted by Crippen LogP contribution is -2.38. The Labute approximate surface area is 117 Å². The van der Waals surface area contributed by atoms with Crippen LogP contribution in [0.2, 0.25) is 0 Å². The van der Waals surface area contributed by atoms with Crippen LogP contribution in [0.1, 0.15) is 28.0 Å². The molecule has 5 heteroatoms. The van der Waals surface area contributed by atoms with Gasteiger partial charge in [-0.15, -0.1) is 0 Å². The first kappa shape index (κ1) is 13.1. The van der Waals surface area contributed by atoms with Crippen molar-refractivity contribution in [2.24, 2.45) is 0 Å². The molecule has 0 fully saturated rings. The zero-order valence-corrected chi connectivity index (χ0v) is 11.5. The van der Waals surface area contributed by atoms with Crippen molar-refractivity contribution < 1.29 is 14.6 Å². The number of aryl methyl sites for hydroxylation is 2. The van der Waals surface area contributed by atoms with Gasteiger partial charge in [0.15, 0.2) is 0 Å². The lowest BCUT2D eigenvalue weighted by molar-refractivity contribution is 0.0696. The predicted octanol–water partition coefficient (Wildman–Crippen LogP) is 0.952. The molecule has 1 N–H and O–H groups in total. The summed E-state index contributed by atoms with van der Waals surface area (Å²) in [6, 6.07) is 1.66. The van der Waals surface area contributed by atoms with Crippen LogP contribution in [0.15, 0.2) is 18.2 Å². The van der Waals surface area contributed by atoms with E-state index in [0.29, 0.717) is 18.0 Å². The number of hydrogen-bond donors (Lipinski definition) is 1. The van der Waals surface area contributed by atoms with Crippen LogP contribution in [0.3, 0.4) is 0 Å². The fourth-order valence-corrected chi connectivity index (χ4v) is 2.88. The van der Waals surface area contributed by atoms with Gasteiger partial charge in [0.25, 0.3) is 5.91 Å². The highest BCUT2D eigenvalue weighted by molar-refractivity contribution is 5.97. The standard InChI is InChI=1S/C15H18N2O3/c1-20-14-12(8-10-4-2-6-13(10)16-14)15(19)17-7-3-5-11(17)9-18/h3,5,8,11,18H,2,4,6-7,9H2,1H3/t11-/m0/s1. The quantitative estimate of drug-likeness (QED) is 0.834. The molecular formula is C15H18N2O3. The van der Waals surface area contributed by atoms with E-state index in [0.717, 1.165) is 30.5 Å². The van der Waals surface area contributed by atoms with Gasteiger partial charge in [0.05, 0.1) is 19.8 Å². The predicted molar refractivity (Wildman–Crippen MR) is 73.9 cm³/mol. The summed E-state index contributed by atoms with van der Waals surface area (Å²) in [7, 11) is 1.53. The van der Waals surface area contributed by atoms with E-state index in [1.807, 2.05) is 18.2 Å². The molecule has 20 heavy (non-hydrogen) atoms. The molecule has 1 aliphatic heterocycles. The maximum atomic E-state index is 12.7. The van der Waals surface area contributed by atoms with E-state index < -0.39 is 0 Å². The van der Waals surface area contributed by atoms with Crippen LogP contribution in [0.25, 0.3) is 0 Å². The summed E-state index contributed by atoms with van der Waals surface area (Å²) in [5.74, 6) is 0.257. The highest BCUT2D eigenvalue weighted by Gasteiger charge is 2.29. The zero-order valence-electron chi connectivity index (χ0n) is 11.5. The Morgan fingerprint density at radius 2 is 2.40 bits per heavy atom. The van der Waals surface area contributed by atoms with Gasteiger partial charge in [-0.3, -0.25) is 4.79 Å². The highest BCUT2D eigenvalue weighted by atomic mass is 16.5. The number of aliphatic hydroxyl groups excluding tert-OH is 1. The number of aliphatic hydroxyl groups is 1. The van der Waals surface area contributed by atoms with Gasteiger partial charge in [-0.05, 0) is 30.9 Å². The number of hydrogen-bond acceptors (Lipinski definition) is 4. The number of carbonyl (C=O) groups excluding carboxylic acids is 1. The number of aromatic nitrogens is 1. The van der Waals surface area contributed by atoms with Gasteiger partial charge in [0, 0.05) is 12.2 Å². The maximum Gasteiger partial charge on any atom is 0.260 e. The van der Waals surface area contributed by atoms with E-state index in [4.69, 9.17) is 4.74 Å². The SMILES string of the molecule is COc1nc2c(cc1C(=O)N1CC=C[C@H]1CO)CCC2. The van der Waals surface area contributed by atoms with E-state index >= 15 is 0 Å². The number of nitrogens with zero attached hydrogens (tertiary/aromatic N) is 2. The summed E-state index contributed by atoms with van der Waals surface area (Å²) in [6.45, 7) is 0.452. The molecule has 0 radical (unpaired) electrons. The normalized spacial score (nSPS) is 20.3. The minimum absolute atomic E-state index is 0.0665. The van der Waals surface area contributed by atoms with Gasteiger partial charge in [-0.25, -0.2) is 4.98 Å². The van der Waals surface area contributed by atoms with Crippen LogP contribution in [-0.2, 0) is 12.8 Å². The van der Waals surface area contributed by atoms with Gasteiger partial charge in [0.2, 0.25) is 5.88 Å². The van der Waals surface area contributed by atoms with Crippen molar-refractivity contribution in [3.63, 3.8) is 0 Å². The molecule has 3 rings (SSSR count). The summed E-state index contributed by atoms with van der Waals surface area (Å²) < 4.78 is 5.28. The van der Waals surface area contributed by atoms with Crippen molar-refractivity contribution in [1.29, 1.82) is 0 Å². The second kappa shape index (κ2) is 5.25. The second-order valence-corrected chi connectivity index (χ2v) is 5.14. The molecule has 5 nitrogen and oxygen atoms in total. The first-order valence-corrected chi connectivity index (χ1v) is 6.90. The van der Waals surface area contributed by atoms with Crippen molar-refractivity contribution in [3.8, 4) is 5.88 Å². The average molecular weight is 274 g/mol. The minimum atomic E-state index is -0.250. The van der Waals surface area contributed by atoms with Crippen LogP contribution >= 0.6 is 0 Å². The third-order valence-electron chi connectivity index (χ3n) is 3.95. The molecule has 1 amide bonds. The van der Waals surface area contributed by atoms with E-state index in [1.165, 1.54) is 7.11 Å². The number of fused-ring (bicyclic) bond motifs is 1. The Kier molecular flexibility index (Phi) is 3.44. The van der Waals surface area contributed by atoms with Gasteiger partial charge >= 0.3 is 0 Å². The molecule has 0 aromatic carbocycles. The lowest BCUT2D eigenvalue weighted by Gasteiger charge is -2.23. The number of methoxy groups -OCH3 is 1. The molecule has 106 valence electrons. The third-order valence-corrected chi connectivity index (χ3v) is 3.95. The molecule has 0 saturated carbocycles. The molecule has 0 unspecified atom stereocenters. The Hall–Kier alpha value is -1.88. The van der Waals surface area contributed by atoms with E-state index in [9.17, 15) is 9.90 Å². The fraction of sp³-hybridized carbons (Fsp3) is 0.467. The minimum Gasteiger partial charge on any atom is -0.480 e. The molecule has 0 spiro atoms. The van der Waals surface area contributed by atoms with Crippen molar-refractivity contribution >= 4 is 5.91 Å². The summed E-state index contributed by atoms with van der Waals surface area (Å²) in [5.41, 5.74) is 2.67. The second-order valence-electron chi connectivity index (χ2n) is 5.14. The first-order chi connectivity index (χ1) is 9.74. The number of amides is 1. The average Bonchev–Trinajstić information content (AvgIpc) is 3.12. The Morgan fingerprint density at radius 1 is 1.55 bits per heavy atom. The van der Waals surface area contributed by atoms with E-state index in [2.05, 4.69) is 4.98 Å². The van der Waals surface area contributed by atoms with Crippen molar-refractivity contribution in [2.45, 2.75) is 25.3 Å². The summed E-state index contributed by atoms with van der Waals surface area (Å²) in [6.07, 6.45) is 6.74. The fourth-order valence-electron chi connectivity index (χ4n) is 2.88. The van der Waals surface area contributed by atoms with Crippen LogP contribution < -0.4 is 4.74 Å². The Bertz CT molecular complexity index is 568. The van der Waals surface area contributed by atoms with Crippen molar-refractivity contribution in [1.82, 2.24) is 9.88 Å². The van der Waals surface area contributed by atoms with E-state index in [-0.39, 0.29) is 18.6 Å². The van der Waals surface area contributed by atoms with E-state index in [1.54, 1.807) is 4.90 Å².